The van der Waals surface area contributed by atoms with Crippen LogP contribution in [0, 0.1) is 0 Å². The first-order valence-electron chi connectivity index (χ1n) is 6.20. The van der Waals surface area contributed by atoms with Crippen molar-refractivity contribution in [2.45, 2.75) is 46.2 Å². The molecule has 0 aliphatic heterocycles. The van der Waals surface area contributed by atoms with Crippen molar-refractivity contribution in [1.82, 2.24) is 15.5 Å². The van der Waals surface area contributed by atoms with E-state index in [1.54, 1.807) is 18.9 Å². The zero-order chi connectivity index (χ0) is 13.4. The maximum absolute atomic E-state index is 11.7. The lowest BCUT2D eigenvalue weighted by Gasteiger charge is -2.19. The minimum Gasteiger partial charge on any atom is -0.352 e. The summed E-state index contributed by atoms with van der Waals surface area (Å²) in [6.07, 6.45) is 0.899. The molecule has 2 N–H and O–H groups in total. The maximum atomic E-state index is 11.7. The van der Waals surface area contributed by atoms with Crippen LogP contribution >= 0.6 is 0 Å². The number of amides is 2. The summed E-state index contributed by atoms with van der Waals surface area (Å²) in [6, 6.07) is -0.182. The standard InChI is InChI=1S/C12H25N3O2/c1-6-9(3)14-12(17)10(4)13-8-11(16)15(5)7-2/h9-10,13H,6-8H2,1-5H3,(H,14,17). The summed E-state index contributed by atoms with van der Waals surface area (Å²) in [5.41, 5.74) is 0. The van der Waals surface area contributed by atoms with Crippen molar-refractivity contribution in [1.29, 1.82) is 0 Å². The first-order valence-corrected chi connectivity index (χ1v) is 6.20. The second-order valence-corrected chi connectivity index (χ2v) is 4.33. The summed E-state index contributed by atoms with van der Waals surface area (Å²) in [5.74, 6) is -0.0676. The van der Waals surface area contributed by atoms with E-state index in [0.717, 1.165) is 6.42 Å². The molecule has 0 heterocycles. The van der Waals surface area contributed by atoms with Crippen molar-refractivity contribution in [3.63, 3.8) is 0 Å². The van der Waals surface area contributed by atoms with Crippen LogP contribution in [0.15, 0.2) is 0 Å². The fourth-order valence-corrected chi connectivity index (χ4v) is 1.11. The number of rotatable bonds is 7. The van der Waals surface area contributed by atoms with Crippen LogP contribution in [0.25, 0.3) is 0 Å². The summed E-state index contributed by atoms with van der Waals surface area (Å²) in [7, 11) is 1.74. The molecule has 5 nitrogen and oxygen atoms in total. The van der Waals surface area contributed by atoms with Crippen LogP contribution in [0.5, 0.6) is 0 Å². The van der Waals surface area contributed by atoms with Gasteiger partial charge in [0.1, 0.15) is 0 Å². The molecule has 0 bridgehead atoms. The molecule has 17 heavy (non-hydrogen) atoms. The van der Waals surface area contributed by atoms with E-state index in [2.05, 4.69) is 10.6 Å². The van der Waals surface area contributed by atoms with Crippen molar-refractivity contribution >= 4 is 11.8 Å². The van der Waals surface area contributed by atoms with Crippen molar-refractivity contribution in [3.05, 3.63) is 0 Å². The van der Waals surface area contributed by atoms with Gasteiger partial charge in [-0.3, -0.25) is 14.9 Å². The Kier molecular flexibility index (Phi) is 7.54. The highest BCUT2D eigenvalue weighted by atomic mass is 16.2. The van der Waals surface area contributed by atoms with Gasteiger partial charge in [0.05, 0.1) is 12.6 Å². The molecule has 0 aromatic carbocycles. The van der Waals surface area contributed by atoms with Crippen molar-refractivity contribution in [3.8, 4) is 0 Å². The number of nitrogens with one attached hydrogen (secondary N) is 2. The van der Waals surface area contributed by atoms with E-state index < -0.39 is 0 Å². The van der Waals surface area contributed by atoms with Crippen LogP contribution in [-0.4, -0.2) is 48.9 Å². The van der Waals surface area contributed by atoms with Gasteiger partial charge in [-0.05, 0) is 27.2 Å². The Morgan fingerprint density at radius 3 is 2.29 bits per heavy atom. The lowest BCUT2D eigenvalue weighted by Crippen LogP contribution is -2.48. The summed E-state index contributed by atoms with van der Waals surface area (Å²) in [5, 5.41) is 5.79. The molecule has 0 aromatic rings. The molecule has 2 amide bonds. The molecule has 0 fully saturated rings. The second kappa shape index (κ2) is 8.06. The van der Waals surface area contributed by atoms with Gasteiger partial charge in [-0.15, -0.1) is 0 Å². The normalized spacial score (nSPS) is 13.9. The van der Waals surface area contributed by atoms with E-state index >= 15 is 0 Å². The predicted molar refractivity (Wildman–Crippen MR) is 68.7 cm³/mol. The molecule has 0 rings (SSSR count). The molecule has 0 saturated heterocycles. The molecule has 0 aliphatic rings. The Bertz CT molecular complexity index is 256. The number of hydrogen-bond donors (Lipinski definition) is 2. The number of likely N-dealkylation sites (N-methyl/N-ethyl adjacent to an activating group) is 1. The lowest BCUT2D eigenvalue weighted by atomic mass is 10.2. The number of hydrogen-bond acceptors (Lipinski definition) is 3. The highest BCUT2D eigenvalue weighted by Gasteiger charge is 2.15. The smallest absolute Gasteiger partial charge is 0.237 e. The van der Waals surface area contributed by atoms with E-state index in [4.69, 9.17) is 0 Å². The fraction of sp³-hybridized carbons (Fsp3) is 0.833. The Morgan fingerprint density at radius 2 is 1.82 bits per heavy atom. The third kappa shape index (κ3) is 6.26. The van der Waals surface area contributed by atoms with Gasteiger partial charge in [0.2, 0.25) is 11.8 Å². The predicted octanol–water partition coefficient (Wildman–Crippen LogP) is 0.358. The molecule has 5 heteroatoms. The Morgan fingerprint density at radius 1 is 1.24 bits per heavy atom. The highest BCUT2D eigenvalue weighted by Crippen LogP contribution is 1.91. The molecule has 0 aromatic heterocycles. The summed E-state index contributed by atoms with van der Waals surface area (Å²) in [6.45, 7) is 8.52. The molecule has 0 saturated carbocycles. The summed E-state index contributed by atoms with van der Waals surface area (Å²) < 4.78 is 0. The van der Waals surface area contributed by atoms with Crippen LogP contribution in [0.3, 0.4) is 0 Å². The van der Waals surface area contributed by atoms with Crippen LogP contribution in [-0.2, 0) is 9.59 Å². The molecular weight excluding hydrogens is 218 g/mol. The van der Waals surface area contributed by atoms with E-state index in [1.807, 2.05) is 20.8 Å². The lowest BCUT2D eigenvalue weighted by molar-refractivity contribution is -0.129. The number of carbonyl (C=O) groups is 2. The van der Waals surface area contributed by atoms with Gasteiger partial charge in [-0.1, -0.05) is 6.92 Å². The number of carbonyl (C=O) groups excluding carboxylic acids is 2. The van der Waals surface area contributed by atoms with Crippen LogP contribution < -0.4 is 10.6 Å². The van der Waals surface area contributed by atoms with E-state index in [1.165, 1.54) is 0 Å². The number of nitrogens with zero attached hydrogens (tertiary/aromatic N) is 1. The molecule has 100 valence electrons. The second-order valence-electron chi connectivity index (χ2n) is 4.33. The molecule has 0 radical (unpaired) electrons. The van der Waals surface area contributed by atoms with Gasteiger partial charge in [-0.25, -0.2) is 0 Å². The molecule has 2 atom stereocenters. The van der Waals surface area contributed by atoms with Crippen molar-refractivity contribution in [2.75, 3.05) is 20.1 Å². The third-order valence-corrected chi connectivity index (χ3v) is 2.85. The van der Waals surface area contributed by atoms with Crippen molar-refractivity contribution in [2.24, 2.45) is 0 Å². The molecule has 0 aliphatic carbocycles. The Hall–Kier alpha value is -1.10. The Labute approximate surface area is 104 Å². The van der Waals surface area contributed by atoms with E-state index in [9.17, 15) is 9.59 Å². The first-order chi connectivity index (χ1) is 7.92. The van der Waals surface area contributed by atoms with Gasteiger partial charge in [-0.2, -0.15) is 0 Å². The first kappa shape index (κ1) is 15.9. The quantitative estimate of drug-likeness (QED) is 0.678. The van der Waals surface area contributed by atoms with Gasteiger partial charge >= 0.3 is 0 Å². The monoisotopic (exact) mass is 243 g/mol. The van der Waals surface area contributed by atoms with Crippen LogP contribution in [0.4, 0.5) is 0 Å². The largest absolute Gasteiger partial charge is 0.352 e. The fourth-order valence-electron chi connectivity index (χ4n) is 1.11. The van der Waals surface area contributed by atoms with Gasteiger partial charge in [0, 0.05) is 19.6 Å². The average molecular weight is 243 g/mol. The van der Waals surface area contributed by atoms with Gasteiger partial charge < -0.3 is 10.2 Å². The zero-order valence-corrected chi connectivity index (χ0v) is 11.5. The summed E-state index contributed by atoms with van der Waals surface area (Å²) in [4.78, 5) is 24.8. The van der Waals surface area contributed by atoms with Crippen molar-refractivity contribution < 1.29 is 9.59 Å². The van der Waals surface area contributed by atoms with E-state index in [-0.39, 0.29) is 30.4 Å². The topological polar surface area (TPSA) is 61.4 Å². The minimum atomic E-state index is -0.349. The van der Waals surface area contributed by atoms with Crippen LogP contribution in [0.2, 0.25) is 0 Å². The average Bonchev–Trinajstić information content (AvgIpc) is 2.33. The maximum Gasteiger partial charge on any atom is 0.237 e. The molecule has 0 spiro atoms. The van der Waals surface area contributed by atoms with Gasteiger partial charge in [0.25, 0.3) is 0 Å². The Balaban J connectivity index is 3.97. The molecular formula is C12H25N3O2. The summed E-state index contributed by atoms with van der Waals surface area (Å²) >= 11 is 0. The van der Waals surface area contributed by atoms with Gasteiger partial charge in [0.15, 0.2) is 0 Å². The SMILES string of the molecule is CCC(C)NC(=O)C(C)NCC(=O)N(C)CC. The minimum absolute atomic E-state index is 0.00399. The third-order valence-electron chi connectivity index (χ3n) is 2.85. The zero-order valence-electron chi connectivity index (χ0n) is 11.5. The molecule has 2 unspecified atom stereocenters. The van der Waals surface area contributed by atoms with E-state index in [0.29, 0.717) is 6.54 Å². The van der Waals surface area contributed by atoms with Crippen LogP contribution in [0.1, 0.15) is 34.1 Å². The highest BCUT2D eigenvalue weighted by molar-refractivity contribution is 5.83.